The molecule has 0 N–H and O–H groups in total. The van der Waals surface area contributed by atoms with Crippen molar-refractivity contribution in [2.24, 2.45) is 0 Å². The maximum Gasteiger partial charge on any atom is 0.263 e. The third-order valence-electron chi connectivity index (χ3n) is 4.38. The van der Waals surface area contributed by atoms with Crippen molar-refractivity contribution in [2.75, 3.05) is 13.7 Å². The molecule has 0 saturated carbocycles. The molecule has 0 atom stereocenters. The van der Waals surface area contributed by atoms with E-state index in [0.717, 1.165) is 10.4 Å². The van der Waals surface area contributed by atoms with E-state index in [1.165, 1.54) is 17.4 Å². The predicted molar refractivity (Wildman–Crippen MR) is 108 cm³/mol. The maximum atomic E-state index is 14.1. The molecule has 27 heavy (non-hydrogen) atoms. The van der Waals surface area contributed by atoms with Crippen molar-refractivity contribution in [1.82, 2.24) is 9.55 Å². The van der Waals surface area contributed by atoms with Crippen molar-refractivity contribution in [3.8, 4) is 10.4 Å². The first kappa shape index (κ1) is 18.0. The van der Waals surface area contributed by atoms with Crippen LogP contribution in [0.5, 0.6) is 0 Å². The van der Waals surface area contributed by atoms with Crippen LogP contribution in [0, 0.1) is 5.82 Å². The fourth-order valence-electron chi connectivity index (χ4n) is 3.04. The number of fused-ring (bicyclic) bond motifs is 1. The fraction of sp³-hybridized carbons (Fsp3) is 0.200. The summed E-state index contributed by atoms with van der Waals surface area (Å²) in [7, 11) is 1.59. The zero-order chi connectivity index (χ0) is 18.8. The van der Waals surface area contributed by atoms with Crippen LogP contribution in [-0.2, 0) is 17.7 Å². The molecule has 0 aliphatic carbocycles. The zero-order valence-corrected chi connectivity index (χ0v) is 16.3. The number of benzene rings is 1. The molecule has 0 aliphatic heterocycles. The lowest BCUT2D eigenvalue weighted by Gasteiger charge is -2.13. The van der Waals surface area contributed by atoms with Gasteiger partial charge in [0.2, 0.25) is 0 Å². The quantitative estimate of drug-likeness (QED) is 0.476. The highest BCUT2D eigenvalue weighted by Crippen LogP contribution is 2.33. The highest BCUT2D eigenvalue weighted by atomic mass is 32.1. The average molecular weight is 401 g/mol. The Morgan fingerprint density at radius 3 is 2.78 bits per heavy atom. The normalized spacial score (nSPS) is 11.3. The number of thiophene rings is 2. The molecule has 4 nitrogen and oxygen atoms in total. The first-order chi connectivity index (χ1) is 13.2. The number of methoxy groups -OCH3 is 1. The van der Waals surface area contributed by atoms with Crippen LogP contribution < -0.4 is 5.56 Å². The molecule has 0 saturated heterocycles. The second-order valence-corrected chi connectivity index (χ2v) is 7.86. The summed E-state index contributed by atoms with van der Waals surface area (Å²) in [6.45, 7) is 0.762. The van der Waals surface area contributed by atoms with Gasteiger partial charge in [0, 0.05) is 29.4 Å². The molecule has 7 heteroatoms. The Labute approximate surface area is 163 Å². The summed E-state index contributed by atoms with van der Waals surface area (Å²) in [4.78, 5) is 19.7. The third-order valence-corrected chi connectivity index (χ3v) is 6.16. The number of hydrogen-bond acceptors (Lipinski definition) is 5. The fourth-order valence-corrected chi connectivity index (χ4v) is 4.81. The molecule has 0 bridgehead atoms. The van der Waals surface area contributed by atoms with Crippen LogP contribution in [-0.4, -0.2) is 23.3 Å². The lowest BCUT2D eigenvalue weighted by molar-refractivity contribution is 0.185. The van der Waals surface area contributed by atoms with E-state index in [-0.39, 0.29) is 17.8 Å². The highest BCUT2D eigenvalue weighted by Gasteiger charge is 2.18. The van der Waals surface area contributed by atoms with Crippen LogP contribution >= 0.6 is 22.7 Å². The standard InChI is InChI=1S/C20H17FN2O2S2/c1-25-9-8-23-17(11-13-5-2-3-6-15(13)21)22-19-18(20(23)24)14(12-27-19)16-7-4-10-26-16/h2-7,10,12H,8-9,11H2,1H3. The second-order valence-electron chi connectivity index (χ2n) is 6.05. The minimum Gasteiger partial charge on any atom is -0.383 e. The van der Waals surface area contributed by atoms with Crippen molar-refractivity contribution >= 4 is 32.9 Å². The van der Waals surface area contributed by atoms with Crippen LogP contribution in [0.3, 0.4) is 0 Å². The van der Waals surface area contributed by atoms with E-state index in [1.807, 2.05) is 22.9 Å². The molecule has 0 amide bonds. The average Bonchev–Trinajstić information content (AvgIpc) is 3.32. The van der Waals surface area contributed by atoms with Gasteiger partial charge in [-0.1, -0.05) is 24.3 Å². The number of nitrogens with zero attached hydrogens (tertiary/aromatic N) is 2. The van der Waals surface area contributed by atoms with E-state index >= 15 is 0 Å². The van der Waals surface area contributed by atoms with E-state index in [9.17, 15) is 9.18 Å². The number of rotatable bonds is 6. The molecule has 4 aromatic rings. The Morgan fingerprint density at radius 2 is 2.04 bits per heavy atom. The Morgan fingerprint density at radius 1 is 1.19 bits per heavy atom. The van der Waals surface area contributed by atoms with Gasteiger partial charge in [-0.15, -0.1) is 22.7 Å². The minimum atomic E-state index is -0.296. The molecule has 0 unspecified atom stereocenters. The topological polar surface area (TPSA) is 44.1 Å². The minimum absolute atomic E-state index is 0.104. The van der Waals surface area contributed by atoms with Crippen LogP contribution in [0.15, 0.2) is 52.0 Å². The van der Waals surface area contributed by atoms with E-state index in [4.69, 9.17) is 9.72 Å². The van der Waals surface area contributed by atoms with Crippen LogP contribution in [0.2, 0.25) is 0 Å². The Balaban J connectivity index is 1.88. The van der Waals surface area contributed by atoms with E-state index < -0.39 is 0 Å². The van der Waals surface area contributed by atoms with Gasteiger partial charge in [-0.05, 0) is 23.1 Å². The van der Waals surface area contributed by atoms with Gasteiger partial charge in [-0.2, -0.15) is 0 Å². The monoisotopic (exact) mass is 400 g/mol. The molecule has 3 aromatic heterocycles. The van der Waals surface area contributed by atoms with Crippen molar-refractivity contribution in [2.45, 2.75) is 13.0 Å². The van der Waals surface area contributed by atoms with Crippen molar-refractivity contribution in [3.05, 3.63) is 74.7 Å². The van der Waals surface area contributed by atoms with Crippen LogP contribution in [0.4, 0.5) is 4.39 Å². The second kappa shape index (κ2) is 7.72. The predicted octanol–water partition coefficient (Wildman–Crippen LogP) is 4.56. The maximum absolute atomic E-state index is 14.1. The van der Waals surface area contributed by atoms with Gasteiger partial charge in [0.15, 0.2) is 0 Å². The first-order valence-corrected chi connectivity index (χ1v) is 10.2. The van der Waals surface area contributed by atoms with Crippen molar-refractivity contribution in [1.29, 1.82) is 0 Å². The smallest absolute Gasteiger partial charge is 0.263 e. The SMILES string of the molecule is COCCn1c(Cc2ccccc2F)nc2scc(-c3cccs3)c2c1=O. The first-order valence-electron chi connectivity index (χ1n) is 8.46. The lowest BCUT2D eigenvalue weighted by atomic mass is 10.1. The summed E-state index contributed by atoms with van der Waals surface area (Å²) in [5.41, 5.74) is 1.32. The molecule has 1 aromatic carbocycles. The van der Waals surface area contributed by atoms with Crippen molar-refractivity contribution < 1.29 is 9.13 Å². The summed E-state index contributed by atoms with van der Waals surface area (Å²) < 4.78 is 20.9. The van der Waals surface area contributed by atoms with E-state index in [1.54, 1.807) is 41.2 Å². The van der Waals surface area contributed by atoms with E-state index in [0.29, 0.717) is 34.8 Å². The van der Waals surface area contributed by atoms with Gasteiger partial charge >= 0.3 is 0 Å². The number of ether oxygens (including phenoxy) is 1. The molecule has 138 valence electrons. The van der Waals surface area contributed by atoms with Gasteiger partial charge in [0.05, 0.1) is 18.5 Å². The molecule has 0 aliphatic rings. The highest BCUT2D eigenvalue weighted by molar-refractivity contribution is 7.18. The Kier molecular flexibility index (Phi) is 5.15. The number of aromatic nitrogens is 2. The third kappa shape index (κ3) is 3.45. The molecule has 4 rings (SSSR count). The summed E-state index contributed by atoms with van der Waals surface area (Å²) in [6.07, 6.45) is 0.258. The van der Waals surface area contributed by atoms with Gasteiger partial charge in [-0.3, -0.25) is 9.36 Å². The number of halogens is 1. The summed E-state index contributed by atoms with van der Waals surface area (Å²) in [5.74, 6) is 0.254. The molecule has 0 spiro atoms. The summed E-state index contributed by atoms with van der Waals surface area (Å²) >= 11 is 3.04. The van der Waals surface area contributed by atoms with Crippen LogP contribution in [0.1, 0.15) is 11.4 Å². The zero-order valence-electron chi connectivity index (χ0n) is 14.6. The van der Waals surface area contributed by atoms with E-state index in [2.05, 4.69) is 0 Å². The van der Waals surface area contributed by atoms with Gasteiger partial charge in [-0.25, -0.2) is 9.37 Å². The Hall–Kier alpha value is -2.35. The lowest BCUT2D eigenvalue weighted by Crippen LogP contribution is -2.27. The molecule has 0 fully saturated rings. The largest absolute Gasteiger partial charge is 0.383 e. The number of hydrogen-bond donors (Lipinski definition) is 0. The Bertz CT molecular complexity index is 1130. The molecular weight excluding hydrogens is 383 g/mol. The molecular formula is C20H17FN2O2S2. The summed E-state index contributed by atoms with van der Waals surface area (Å²) in [6, 6.07) is 10.5. The molecule has 0 radical (unpaired) electrons. The van der Waals surface area contributed by atoms with Gasteiger partial charge in [0.25, 0.3) is 5.56 Å². The van der Waals surface area contributed by atoms with Crippen molar-refractivity contribution in [3.63, 3.8) is 0 Å². The molecule has 3 heterocycles. The van der Waals surface area contributed by atoms with Gasteiger partial charge in [0.1, 0.15) is 16.5 Å². The van der Waals surface area contributed by atoms with Crippen LogP contribution in [0.25, 0.3) is 20.7 Å². The summed E-state index contributed by atoms with van der Waals surface area (Å²) in [5, 5.41) is 4.58. The van der Waals surface area contributed by atoms with Gasteiger partial charge < -0.3 is 4.74 Å².